The lowest BCUT2D eigenvalue weighted by Crippen LogP contribution is -2.13. The molecule has 1 aromatic carbocycles. The summed E-state index contributed by atoms with van der Waals surface area (Å²) in [6, 6.07) is 9.89. The van der Waals surface area contributed by atoms with Crippen molar-refractivity contribution in [3.8, 4) is 0 Å². The van der Waals surface area contributed by atoms with Crippen molar-refractivity contribution in [1.82, 2.24) is 9.78 Å². The SMILES string of the molecule is CCCn1cc(NC(=O)CSc2ccccc2)cn1. The van der Waals surface area contributed by atoms with Crippen LogP contribution in [-0.2, 0) is 11.3 Å². The number of hydrogen-bond acceptors (Lipinski definition) is 3. The Labute approximate surface area is 117 Å². The second-order valence-corrected chi connectivity index (χ2v) is 5.19. The van der Waals surface area contributed by atoms with E-state index in [1.807, 2.05) is 41.2 Å². The molecule has 1 amide bonds. The van der Waals surface area contributed by atoms with Gasteiger partial charge in [0.2, 0.25) is 5.91 Å². The van der Waals surface area contributed by atoms with Crippen LogP contribution in [0.25, 0.3) is 0 Å². The molecule has 5 heteroatoms. The van der Waals surface area contributed by atoms with Crippen molar-refractivity contribution < 1.29 is 4.79 Å². The maximum Gasteiger partial charge on any atom is 0.234 e. The zero-order valence-corrected chi connectivity index (χ0v) is 11.7. The molecular weight excluding hydrogens is 258 g/mol. The van der Waals surface area contributed by atoms with Crippen LogP contribution in [0.5, 0.6) is 0 Å². The number of aryl methyl sites for hydroxylation is 1. The van der Waals surface area contributed by atoms with Crippen LogP contribution in [0.15, 0.2) is 47.6 Å². The van der Waals surface area contributed by atoms with Gasteiger partial charge in [0.1, 0.15) is 0 Å². The average Bonchev–Trinajstić information content (AvgIpc) is 2.85. The van der Waals surface area contributed by atoms with Gasteiger partial charge in [0.15, 0.2) is 0 Å². The normalized spacial score (nSPS) is 10.4. The summed E-state index contributed by atoms with van der Waals surface area (Å²) < 4.78 is 1.83. The van der Waals surface area contributed by atoms with Crippen LogP contribution in [-0.4, -0.2) is 21.4 Å². The van der Waals surface area contributed by atoms with E-state index in [2.05, 4.69) is 17.3 Å². The van der Waals surface area contributed by atoms with E-state index < -0.39 is 0 Å². The first-order valence-electron chi connectivity index (χ1n) is 6.28. The molecule has 0 aliphatic heterocycles. The van der Waals surface area contributed by atoms with Crippen molar-refractivity contribution in [3.63, 3.8) is 0 Å². The third-order valence-electron chi connectivity index (χ3n) is 2.48. The Morgan fingerprint density at radius 3 is 2.89 bits per heavy atom. The number of rotatable bonds is 6. The van der Waals surface area contributed by atoms with E-state index >= 15 is 0 Å². The van der Waals surface area contributed by atoms with Gasteiger partial charge in [-0.25, -0.2) is 0 Å². The van der Waals surface area contributed by atoms with Gasteiger partial charge in [0.05, 0.1) is 17.6 Å². The minimum Gasteiger partial charge on any atom is -0.323 e. The molecule has 1 aromatic heterocycles. The number of aromatic nitrogens is 2. The van der Waals surface area contributed by atoms with E-state index in [4.69, 9.17) is 0 Å². The zero-order valence-electron chi connectivity index (χ0n) is 10.9. The van der Waals surface area contributed by atoms with E-state index in [-0.39, 0.29) is 5.91 Å². The molecule has 2 aromatic rings. The molecule has 0 aliphatic rings. The Kier molecular flexibility index (Phi) is 5.03. The zero-order chi connectivity index (χ0) is 13.5. The number of carbonyl (C=O) groups excluding carboxylic acids is 1. The van der Waals surface area contributed by atoms with Crippen LogP contribution in [0, 0.1) is 0 Å². The average molecular weight is 275 g/mol. The van der Waals surface area contributed by atoms with Crippen LogP contribution in [0.2, 0.25) is 0 Å². The summed E-state index contributed by atoms with van der Waals surface area (Å²) in [5.41, 5.74) is 0.757. The number of thioether (sulfide) groups is 1. The Hall–Kier alpha value is -1.75. The van der Waals surface area contributed by atoms with Crippen molar-refractivity contribution in [3.05, 3.63) is 42.7 Å². The number of nitrogens with one attached hydrogen (secondary N) is 1. The first-order valence-corrected chi connectivity index (χ1v) is 7.26. The Balaban J connectivity index is 1.80. The van der Waals surface area contributed by atoms with Crippen LogP contribution < -0.4 is 5.32 Å². The number of amides is 1. The van der Waals surface area contributed by atoms with E-state index in [1.165, 1.54) is 11.8 Å². The van der Waals surface area contributed by atoms with Crippen molar-refractivity contribution in [2.45, 2.75) is 24.8 Å². The second-order valence-electron chi connectivity index (χ2n) is 4.14. The number of benzene rings is 1. The van der Waals surface area contributed by atoms with Gasteiger partial charge in [-0.15, -0.1) is 11.8 Å². The molecule has 1 heterocycles. The summed E-state index contributed by atoms with van der Waals surface area (Å²) in [7, 11) is 0. The molecule has 0 unspecified atom stereocenters. The summed E-state index contributed by atoms with van der Waals surface area (Å²) in [4.78, 5) is 12.9. The molecule has 0 atom stereocenters. The maximum atomic E-state index is 11.8. The first kappa shape index (κ1) is 13.7. The van der Waals surface area contributed by atoms with Gasteiger partial charge in [0.25, 0.3) is 0 Å². The standard InChI is InChI=1S/C14H17N3OS/c1-2-8-17-10-12(9-15-17)16-14(18)11-19-13-6-4-3-5-7-13/h3-7,9-10H,2,8,11H2,1H3,(H,16,18). The largest absolute Gasteiger partial charge is 0.323 e. The van der Waals surface area contributed by atoms with Gasteiger partial charge in [-0.1, -0.05) is 25.1 Å². The lowest BCUT2D eigenvalue weighted by Gasteiger charge is -2.02. The van der Waals surface area contributed by atoms with Crippen molar-refractivity contribution in [2.75, 3.05) is 11.1 Å². The fraction of sp³-hybridized carbons (Fsp3) is 0.286. The molecule has 0 aliphatic carbocycles. The molecular formula is C14H17N3OS. The van der Waals surface area contributed by atoms with E-state index in [1.54, 1.807) is 6.20 Å². The van der Waals surface area contributed by atoms with Gasteiger partial charge in [0, 0.05) is 17.6 Å². The maximum absolute atomic E-state index is 11.8. The van der Waals surface area contributed by atoms with Gasteiger partial charge < -0.3 is 5.32 Å². The lowest BCUT2D eigenvalue weighted by atomic mass is 10.4. The van der Waals surface area contributed by atoms with Gasteiger partial charge >= 0.3 is 0 Å². The minimum absolute atomic E-state index is 0.00935. The molecule has 19 heavy (non-hydrogen) atoms. The Morgan fingerprint density at radius 2 is 2.16 bits per heavy atom. The summed E-state index contributed by atoms with van der Waals surface area (Å²) in [5.74, 6) is 0.396. The third kappa shape index (κ3) is 4.44. The van der Waals surface area contributed by atoms with Gasteiger partial charge in [-0.05, 0) is 18.6 Å². The van der Waals surface area contributed by atoms with E-state index in [9.17, 15) is 4.79 Å². The topological polar surface area (TPSA) is 46.9 Å². The Morgan fingerprint density at radius 1 is 1.37 bits per heavy atom. The van der Waals surface area contributed by atoms with Crippen LogP contribution in [0.1, 0.15) is 13.3 Å². The molecule has 0 saturated carbocycles. The highest BCUT2D eigenvalue weighted by Gasteiger charge is 2.05. The fourth-order valence-corrected chi connectivity index (χ4v) is 2.36. The lowest BCUT2D eigenvalue weighted by molar-refractivity contribution is -0.113. The highest BCUT2D eigenvalue weighted by atomic mass is 32.2. The Bertz CT molecular complexity index is 524. The van der Waals surface area contributed by atoms with E-state index in [0.29, 0.717) is 5.75 Å². The molecule has 4 nitrogen and oxygen atoms in total. The van der Waals surface area contributed by atoms with E-state index in [0.717, 1.165) is 23.5 Å². The van der Waals surface area contributed by atoms with Gasteiger partial charge in [-0.2, -0.15) is 5.10 Å². The molecule has 0 radical (unpaired) electrons. The first-order chi connectivity index (χ1) is 9.28. The third-order valence-corrected chi connectivity index (χ3v) is 3.49. The van der Waals surface area contributed by atoms with Gasteiger partial charge in [-0.3, -0.25) is 9.48 Å². The molecule has 0 spiro atoms. The molecule has 0 fully saturated rings. The minimum atomic E-state index is -0.00935. The van der Waals surface area contributed by atoms with Crippen molar-refractivity contribution >= 4 is 23.4 Å². The number of nitrogens with zero attached hydrogens (tertiary/aromatic N) is 2. The molecule has 2 rings (SSSR count). The number of anilines is 1. The molecule has 0 bridgehead atoms. The smallest absolute Gasteiger partial charge is 0.234 e. The quantitative estimate of drug-likeness (QED) is 0.824. The second kappa shape index (κ2) is 6.99. The molecule has 0 saturated heterocycles. The highest BCUT2D eigenvalue weighted by Crippen LogP contribution is 2.17. The summed E-state index contributed by atoms with van der Waals surface area (Å²) in [5, 5.41) is 7.02. The fourth-order valence-electron chi connectivity index (χ4n) is 1.64. The highest BCUT2D eigenvalue weighted by molar-refractivity contribution is 8.00. The predicted molar refractivity (Wildman–Crippen MR) is 78.3 cm³/mol. The van der Waals surface area contributed by atoms with Crippen LogP contribution in [0.3, 0.4) is 0 Å². The monoisotopic (exact) mass is 275 g/mol. The number of carbonyl (C=O) groups is 1. The predicted octanol–water partition coefficient (Wildman–Crippen LogP) is 3.02. The summed E-state index contributed by atoms with van der Waals surface area (Å²) >= 11 is 1.53. The summed E-state index contributed by atoms with van der Waals surface area (Å²) in [6.07, 6.45) is 4.56. The van der Waals surface area contributed by atoms with Crippen LogP contribution >= 0.6 is 11.8 Å². The molecule has 100 valence electrons. The summed E-state index contributed by atoms with van der Waals surface area (Å²) in [6.45, 7) is 2.96. The van der Waals surface area contributed by atoms with Crippen LogP contribution in [0.4, 0.5) is 5.69 Å². The number of hydrogen-bond donors (Lipinski definition) is 1. The van der Waals surface area contributed by atoms with Crippen molar-refractivity contribution in [1.29, 1.82) is 0 Å². The van der Waals surface area contributed by atoms with Crippen molar-refractivity contribution in [2.24, 2.45) is 0 Å². The molecule has 1 N–H and O–H groups in total.